The summed E-state index contributed by atoms with van der Waals surface area (Å²) >= 11 is 5.76. The maximum absolute atomic E-state index is 11.7. The number of nitrogens with two attached hydrogens (primary N) is 1. The predicted molar refractivity (Wildman–Crippen MR) is 67.8 cm³/mol. The van der Waals surface area contributed by atoms with Crippen molar-refractivity contribution < 1.29 is 4.79 Å². The van der Waals surface area contributed by atoms with Crippen LogP contribution >= 0.6 is 11.6 Å². The molecule has 94 valence electrons. The van der Waals surface area contributed by atoms with Crippen LogP contribution in [0, 0.1) is 12.8 Å². The van der Waals surface area contributed by atoms with Gasteiger partial charge in [-0.1, -0.05) is 25.4 Å². The first-order chi connectivity index (χ1) is 7.88. The highest BCUT2D eigenvalue weighted by Gasteiger charge is 2.16. The molecule has 1 amide bonds. The maximum atomic E-state index is 11.7. The second kappa shape index (κ2) is 5.93. The molecule has 1 heterocycles. The lowest BCUT2D eigenvalue weighted by Crippen LogP contribution is -2.37. The van der Waals surface area contributed by atoms with Gasteiger partial charge in [0.05, 0.1) is 6.04 Å². The van der Waals surface area contributed by atoms with E-state index in [4.69, 9.17) is 17.3 Å². The molecule has 0 aliphatic rings. The van der Waals surface area contributed by atoms with Gasteiger partial charge in [0.2, 0.25) is 11.9 Å². The minimum absolute atomic E-state index is 0.194. The summed E-state index contributed by atoms with van der Waals surface area (Å²) in [5.41, 5.74) is 6.43. The molecule has 0 aliphatic heterocycles. The lowest BCUT2D eigenvalue weighted by atomic mass is 10.0. The predicted octanol–water partition coefficient (Wildman–Crippen LogP) is 1.75. The summed E-state index contributed by atoms with van der Waals surface area (Å²) < 4.78 is 0. The number of nitrogens with one attached hydrogen (secondary N) is 1. The maximum Gasteiger partial charge on any atom is 0.243 e. The SMILES string of the molecule is Cc1cc(Cl)nc(NC(=O)[C@H](N)CC(C)C)n1. The number of rotatable bonds is 4. The molecule has 3 N–H and O–H groups in total. The smallest absolute Gasteiger partial charge is 0.243 e. The molecule has 0 radical (unpaired) electrons. The van der Waals surface area contributed by atoms with Crippen molar-refractivity contribution >= 4 is 23.5 Å². The molecule has 0 fully saturated rings. The Kier molecular flexibility index (Phi) is 4.84. The average molecular weight is 257 g/mol. The topological polar surface area (TPSA) is 80.9 Å². The van der Waals surface area contributed by atoms with Gasteiger partial charge in [-0.05, 0) is 25.3 Å². The number of halogens is 1. The van der Waals surface area contributed by atoms with Crippen LogP contribution < -0.4 is 11.1 Å². The first-order valence-corrected chi connectivity index (χ1v) is 5.84. The van der Waals surface area contributed by atoms with E-state index in [1.165, 1.54) is 0 Å². The van der Waals surface area contributed by atoms with Crippen molar-refractivity contribution in [3.8, 4) is 0 Å². The van der Waals surface area contributed by atoms with E-state index in [0.717, 1.165) is 0 Å². The molecule has 1 atom stereocenters. The molecule has 6 heteroatoms. The molecule has 17 heavy (non-hydrogen) atoms. The van der Waals surface area contributed by atoms with Crippen LogP contribution in [0.1, 0.15) is 26.0 Å². The summed E-state index contributed by atoms with van der Waals surface area (Å²) in [7, 11) is 0. The summed E-state index contributed by atoms with van der Waals surface area (Å²) in [6.45, 7) is 5.79. The molecule has 1 rings (SSSR count). The molecule has 0 saturated carbocycles. The molecular weight excluding hydrogens is 240 g/mol. The molecule has 0 unspecified atom stereocenters. The number of carbonyl (C=O) groups excluding carboxylic acids is 1. The molecule has 1 aromatic heterocycles. The van der Waals surface area contributed by atoms with Crippen LogP contribution in [0.2, 0.25) is 5.15 Å². The Balaban J connectivity index is 2.67. The van der Waals surface area contributed by atoms with Crippen LogP contribution in [0.25, 0.3) is 0 Å². The highest BCUT2D eigenvalue weighted by Crippen LogP contribution is 2.10. The van der Waals surface area contributed by atoms with Gasteiger partial charge in [0.25, 0.3) is 0 Å². The minimum atomic E-state index is -0.558. The Morgan fingerprint density at radius 1 is 1.53 bits per heavy atom. The Morgan fingerprint density at radius 3 is 2.71 bits per heavy atom. The van der Waals surface area contributed by atoms with Crippen LogP contribution in [0.3, 0.4) is 0 Å². The molecular formula is C11H17ClN4O. The van der Waals surface area contributed by atoms with E-state index in [9.17, 15) is 4.79 Å². The van der Waals surface area contributed by atoms with Gasteiger partial charge in [0.1, 0.15) is 5.15 Å². The van der Waals surface area contributed by atoms with Gasteiger partial charge in [-0.2, -0.15) is 0 Å². The van der Waals surface area contributed by atoms with E-state index in [2.05, 4.69) is 15.3 Å². The minimum Gasteiger partial charge on any atom is -0.320 e. The fraction of sp³-hybridized carbons (Fsp3) is 0.545. The van der Waals surface area contributed by atoms with Crippen molar-refractivity contribution in [2.75, 3.05) is 5.32 Å². The van der Waals surface area contributed by atoms with Gasteiger partial charge in [0, 0.05) is 5.69 Å². The van der Waals surface area contributed by atoms with Crippen LogP contribution in [-0.2, 0) is 4.79 Å². The lowest BCUT2D eigenvalue weighted by Gasteiger charge is -2.13. The fourth-order valence-corrected chi connectivity index (χ4v) is 1.64. The number of hydrogen-bond acceptors (Lipinski definition) is 4. The summed E-state index contributed by atoms with van der Waals surface area (Å²) in [5.74, 6) is 0.261. The van der Waals surface area contributed by atoms with E-state index < -0.39 is 6.04 Å². The third-order valence-electron chi connectivity index (χ3n) is 2.12. The standard InChI is InChI=1S/C11H17ClN4O/c1-6(2)4-8(13)10(17)16-11-14-7(3)5-9(12)15-11/h5-6,8H,4,13H2,1-3H3,(H,14,15,16,17)/t8-/m1/s1. The number of aryl methyl sites for hydroxylation is 1. The largest absolute Gasteiger partial charge is 0.320 e. The van der Waals surface area contributed by atoms with E-state index in [-0.39, 0.29) is 11.9 Å². The lowest BCUT2D eigenvalue weighted by molar-refractivity contribution is -0.117. The fourth-order valence-electron chi connectivity index (χ4n) is 1.40. The van der Waals surface area contributed by atoms with E-state index in [1.807, 2.05) is 13.8 Å². The Morgan fingerprint density at radius 2 is 2.18 bits per heavy atom. The average Bonchev–Trinajstić information content (AvgIpc) is 2.14. The van der Waals surface area contributed by atoms with Crippen LogP contribution in [0.4, 0.5) is 5.95 Å². The van der Waals surface area contributed by atoms with Crippen molar-refractivity contribution in [2.24, 2.45) is 11.7 Å². The summed E-state index contributed by atoms with van der Waals surface area (Å²) in [6, 6.07) is 1.06. The summed E-state index contributed by atoms with van der Waals surface area (Å²) in [5, 5.41) is 2.85. The number of aromatic nitrogens is 2. The zero-order chi connectivity index (χ0) is 13.0. The number of carbonyl (C=O) groups is 1. The van der Waals surface area contributed by atoms with E-state index >= 15 is 0 Å². The quantitative estimate of drug-likeness (QED) is 0.805. The van der Waals surface area contributed by atoms with E-state index in [0.29, 0.717) is 23.2 Å². The van der Waals surface area contributed by atoms with Crippen LogP contribution in [-0.4, -0.2) is 21.9 Å². The third kappa shape index (κ3) is 4.66. The number of nitrogens with zero attached hydrogens (tertiary/aromatic N) is 2. The second-order valence-corrected chi connectivity index (χ2v) is 4.77. The monoisotopic (exact) mass is 256 g/mol. The highest BCUT2D eigenvalue weighted by molar-refractivity contribution is 6.29. The Hall–Kier alpha value is -1.20. The Bertz CT molecular complexity index is 388. The van der Waals surface area contributed by atoms with Gasteiger partial charge in [0.15, 0.2) is 0 Å². The van der Waals surface area contributed by atoms with Gasteiger partial charge in [-0.3, -0.25) is 10.1 Å². The second-order valence-electron chi connectivity index (χ2n) is 4.38. The molecule has 0 spiro atoms. The van der Waals surface area contributed by atoms with Crippen LogP contribution in [0.5, 0.6) is 0 Å². The highest BCUT2D eigenvalue weighted by atomic mass is 35.5. The number of amides is 1. The van der Waals surface area contributed by atoms with Gasteiger partial charge in [-0.15, -0.1) is 0 Å². The molecule has 0 aliphatic carbocycles. The van der Waals surface area contributed by atoms with Crippen LogP contribution in [0.15, 0.2) is 6.07 Å². The van der Waals surface area contributed by atoms with Crippen molar-refractivity contribution in [3.05, 3.63) is 16.9 Å². The van der Waals surface area contributed by atoms with Crippen molar-refractivity contribution in [1.29, 1.82) is 0 Å². The van der Waals surface area contributed by atoms with Gasteiger partial charge < -0.3 is 5.73 Å². The number of hydrogen-bond donors (Lipinski definition) is 2. The van der Waals surface area contributed by atoms with E-state index in [1.54, 1.807) is 13.0 Å². The van der Waals surface area contributed by atoms with Gasteiger partial charge >= 0.3 is 0 Å². The van der Waals surface area contributed by atoms with Crippen molar-refractivity contribution in [1.82, 2.24) is 9.97 Å². The Labute approximate surface area is 106 Å². The summed E-state index contributed by atoms with van der Waals surface area (Å²) in [4.78, 5) is 19.7. The number of anilines is 1. The summed E-state index contributed by atoms with van der Waals surface area (Å²) in [6.07, 6.45) is 0.616. The molecule has 0 bridgehead atoms. The zero-order valence-corrected chi connectivity index (χ0v) is 11.0. The molecule has 5 nitrogen and oxygen atoms in total. The van der Waals surface area contributed by atoms with Crippen molar-refractivity contribution in [2.45, 2.75) is 33.2 Å². The molecule has 0 saturated heterocycles. The first-order valence-electron chi connectivity index (χ1n) is 5.46. The first kappa shape index (κ1) is 13.9. The molecule has 0 aromatic carbocycles. The van der Waals surface area contributed by atoms with Crippen molar-refractivity contribution in [3.63, 3.8) is 0 Å². The normalized spacial score (nSPS) is 12.6. The third-order valence-corrected chi connectivity index (χ3v) is 2.31. The zero-order valence-electron chi connectivity index (χ0n) is 10.2. The molecule has 1 aromatic rings. The van der Waals surface area contributed by atoms with Gasteiger partial charge in [-0.25, -0.2) is 9.97 Å².